The SMILES string of the molecule is Cc1ccc2cc1OCCNC(=O)CN(C(=O)Cn1nc(CC3CC3)nc1[C@H](N)Cc1ccccc1)CCNC(=O)[C@H]([C@@H](C)O)NC2=O.Cl. The third-order valence-electron chi connectivity index (χ3n) is 8.38. The molecule has 3 aromatic rings. The van der Waals surface area contributed by atoms with Gasteiger partial charge in [-0.1, -0.05) is 36.4 Å². The third kappa shape index (κ3) is 10.5. The second-order valence-corrected chi connectivity index (χ2v) is 12.5. The first-order chi connectivity index (χ1) is 23.1. The summed E-state index contributed by atoms with van der Waals surface area (Å²) < 4.78 is 7.35. The summed E-state index contributed by atoms with van der Waals surface area (Å²) in [7, 11) is 0. The van der Waals surface area contributed by atoms with Gasteiger partial charge in [0, 0.05) is 25.1 Å². The molecular weight excluding hydrogens is 652 g/mol. The summed E-state index contributed by atoms with van der Waals surface area (Å²) in [6.45, 7) is 2.93. The van der Waals surface area contributed by atoms with Crippen molar-refractivity contribution in [2.45, 2.75) is 64.3 Å². The Kier molecular flexibility index (Phi) is 13.1. The van der Waals surface area contributed by atoms with Crippen LogP contribution in [0.1, 0.15) is 58.9 Å². The van der Waals surface area contributed by atoms with Gasteiger partial charge >= 0.3 is 0 Å². The number of carbonyl (C=O) groups excluding carboxylic acids is 4. The fourth-order valence-electron chi connectivity index (χ4n) is 5.47. The normalized spacial score (nSPS) is 18.9. The summed E-state index contributed by atoms with van der Waals surface area (Å²) in [5, 5.41) is 23.0. The van der Waals surface area contributed by atoms with Crippen molar-refractivity contribution in [1.29, 1.82) is 0 Å². The number of aryl methyl sites for hydroxylation is 1. The van der Waals surface area contributed by atoms with E-state index in [4.69, 9.17) is 15.5 Å². The van der Waals surface area contributed by atoms with Crippen LogP contribution in [0.5, 0.6) is 5.75 Å². The fourth-order valence-corrected chi connectivity index (χ4v) is 5.47. The Balaban J connectivity index is 0.00000541. The molecule has 2 heterocycles. The molecule has 2 aromatic carbocycles. The van der Waals surface area contributed by atoms with Crippen LogP contribution >= 0.6 is 12.4 Å². The van der Waals surface area contributed by atoms with E-state index in [0.717, 1.165) is 24.0 Å². The lowest BCUT2D eigenvalue weighted by atomic mass is 10.1. The van der Waals surface area contributed by atoms with Crippen LogP contribution < -0.4 is 26.4 Å². The lowest BCUT2D eigenvalue weighted by Gasteiger charge is -2.25. The molecule has 14 nitrogen and oxygen atoms in total. The molecule has 49 heavy (non-hydrogen) atoms. The highest BCUT2D eigenvalue weighted by Crippen LogP contribution is 2.32. The van der Waals surface area contributed by atoms with Crippen molar-refractivity contribution in [2.24, 2.45) is 11.7 Å². The smallest absolute Gasteiger partial charge is 0.252 e. The molecule has 1 fully saturated rings. The molecule has 264 valence electrons. The number of aliphatic hydroxyl groups is 1. The van der Waals surface area contributed by atoms with E-state index in [0.29, 0.717) is 36.2 Å². The number of halogens is 1. The highest BCUT2D eigenvalue weighted by atomic mass is 35.5. The average Bonchev–Trinajstić information content (AvgIpc) is 3.79. The van der Waals surface area contributed by atoms with Crippen molar-refractivity contribution in [1.82, 2.24) is 35.6 Å². The van der Waals surface area contributed by atoms with Gasteiger partial charge in [-0.3, -0.25) is 19.2 Å². The van der Waals surface area contributed by atoms with Crippen LogP contribution in [0.3, 0.4) is 0 Å². The van der Waals surface area contributed by atoms with E-state index in [-0.39, 0.29) is 57.3 Å². The maximum Gasteiger partial charge on any atom is 0.252 e. The predicted molar refractivity (Wildman–Crippen MR) is 183 cm³/mol. The van der Waals surface area contributed by atoms with E-state index in [2.05, 4.69) is 21.0 Å². The molecule has 6 N–H and O–H groups in total. The monoisotopic (exact) mass is 696 g/mol. The van der Waals surface area contributed by atoms with Gasteiger partial charge in [0.15, 0.2) is 5.82 Å². The molecule has 0 spiro atoms. The zero-order chi connectivity index (χ0) is 34.2. The average molecular weight is 697 g/mol. The number of ether oxygens (including phenoxy) is 1. The van der Waals surface area contributed by atoms with Crippen LogP contribution in [0.25, 0.3) is 0 Å². The number of fused-ring (bicyclic) bond motifs is 2. The minimum Gasteiger partial charge on any atom is -0.491 e. The van der Waals surface area contributed by atoms with Gasteiger partial charge in [0.05, 0.1) is 25.2 Å². The topological polar surface area (TPSA) is 194 Å². The van der Waals surface area contributed by atoms with E-state index in [9.17, 15) is 24.3 Å². The Morgan fingerprint density at radius 3 is 2.57 bits per heavy atom. The molecule has 2 bridgehead atoms. The van der Waals surface area contributed by atoms with Crippen LogP contribution in [0.2, 0.25) is 0 Å². The fraction of sp³-hybridized carbons (Fsp3) is 0.471. The molecule has 0 radical (unpaired) electrons. The number of carbonyl (C=O) groups is 4. The number of aliphatic hydroxyl groups excluding tert-OH is 1. The van der Waals surface area contributed by atoms with Gasteiger partial charge in [-0.25, -0.2) is 9.67 Å². The van der Waals surface area contributed by atoms with E-state index in [1.807, 2.05) is 37.3 Å². The first-order valence-corrected chi connectivity index (χ1v) is 16.3. The second kappa shape index (κ2) is 17.2. The summed E-state index contributed by atoms with van der Waals surface area (Å²) in [6, 6.07) is 12.8. The molecule has 5 rings (SSSR count). The molecule has 0 unspecified atom stereocenters. The van der Waals surface area contributed by atoms with Crippen molar-refractivity contribution in [2.75, 3.05) is 32.8 Å². The van der Waals surface area contributed by atoms with Gasteiger partial charge in [-0.2, -0.15) is 5.10 Å². The second-order valence-electron chi connectivity index (χ2n) is 12.5. The van der Waals surface area contributed by atoms with Gasteiger partial charge in [0.1, 0.15) is 30.8 Å². The largest absolute Gasteiger partial charge is 0.491 e. The Bertz CT molecular complexity index is 1610. The van der Waals surface area contributed by atoms with Gasteiger partial charge in [-0.15, -0.1) is 12.4 Å². The molecule has 1 aliphatic heterocycles. The first kappa shape index (κ1) is 37.3. The van der Waals surface area contributed by atoms with Crippen molar-refractivity contribution >= 4 is 36.0 Å². The maximum absolute atomic E-state index is 13.8. The van der Waals surface area contributed by atoms with Crippen LogP contribution in [-0.2, 0) is 33.8 Å². The number of nitrogens with two attached hydrogens (primary N) is 1. The number of hydrogen-bond acceptors (Lipinski definition) is 9. The predicted octanol–water partition coefficient (Wildman–Crippen LogP) is 0.836. The number of nitrogens with one attached hydrogen (secondary N) is 3. The molecule has 4 amide bonds. The van der Waals surface area contributed by atoms with E-state index in [1.54, 1.807) is 18.2 Å². The van der Waals surface area contributed by atoms with Crippen LogP contribution in [0, 0.1) is 12.8 Å². The standard InChI is InChI=1S/C34H44N8O6.ClH/c1-21-8-11-25-18-27(21)48-15-13-36-29(44)19-41(14-12-37-34(47)31(22(2)43)39-33(25)46)30(45)20-42-32(38-28(40-42)17-24-9-10-24)26(35)16-23-6-4-3-5-7-23;/h3-8,11,18,22,24,26,31,43H,9-10,12-17,19-20,35H2,1-2H3,(H,36,44)(H,37,47)(H,39,46);1H/t22-,26-,31+;/m1./s1. The Labute approximate surface area is 291 Å². The van der Waals surface area contributed by atoms with E-state index in [1.165, 1.54) is 16.5 Å². The molecular formula is C34H45ClN8O6. The lowest BCUT2D eigenvalue weighted by Crippen LogP contribution is -2.54. The summed E-state index contributed by atoms with van der Waals surface area (Å²) >= 11 is 0. The summed E-state index contributed by atoms with van der Waals surface area (Å²) in [6.07, 6.45) is 2.22. The number of rotatable bonds is 8. The van der Waals surface area contributed by atoms with Crippen molar-refractivity contribution < 1.29 is 29.0 Å². The highest BCUT2D eigenvalue weighted by molar-refractivity contribution is 5.98. The maximum atomic E-state index is 13.8. The van der Waals surface area contributed by atoms with Crippen LogP contribution in [-0.4, -0.2) is 93.3 Å². The minimum absolute atomic E-state index is 0. The molecule has 3 atom stereocenters. The minimum atomic E-state index is -1.26. The number of amides is 4. The van der Waals surface area contributed by atoms with Gasteiger partial charge < -0.3 is 36.4 Å². The molecule has 1 aromatic heterocycles. The zero-order valence-electron chi connectivity index (χ0n) is 27.8. The number of aromatic nitrogens is 3. The van der Waals surface area contributed by atoms with Gasteiger partial charge in [0.25, 0.3) is 5.91 Å². The molecule has 1 saturated carbocycles. The molecule has 2 aliphatic rings. The van der Waals surface area contributed by atoms with E-state index < -0.39 is 41.8 Å². The number of nitrogens with zero attached hydrogens (tertiary/aromatic N) is 4. The number of benzene rings is 2. The Hall–Kier alpha value is -4.53. The Morgan fingerprint density at radius 2 is 1.86 bits per heavy atom. The molecule has 0 saturated heterocycles. The van der Waals surface area contributed by atoms with E-state index >= 15 is 0 Å². The van der Waals surface area contributed by atoms with Gasteiger partial charge in [-0.05, 0) is 62.3 Å². The van der Waals surface area contributed by atoms with Crippen LogP contribution in [0.15, 0.2) is 48.5 Å². The Morgan fingerprint density at radius 1 is 1.10 bits per heavy atom. The third-order valence-corrected chi connectivity index (χ3v) is 8.38. The molecule has 15 heteroatoms. The zero-order valence-corrected chi connectivity index (χ0v) is 28.6. The quantitative estimate of drug-likeness (QED) is 0.227. The number of hydrogen-bond donors (Lipinski definition) is 5. The summed E-state index contributed by atoms with van der Waals surface area (Å²) in [5.41, 5.74) is 8.66. The van der Waals surface area contributed by atoms with Crippen molar-refractivity contribution in [3.8, 4) is 5.75 Å². The van der Waals surface area contributed by atoms with Crippen molar-refractivity contribution in [3.63, 3.8) is 0 Å². The van der Waals surface area contributed by atoms with Crippen LogP contribution in [0.4, 0.5) is 0 Å². The van der Waals surface area contributed by atoms with Gasteiger partial charge in [0.2, 0.25) is 17.7 Å². The molecule has 1 aliphatic carbocycles. The highest BCUT2D eigenvalue weighted by Gasteiger charge is 2.29. The summed E-state index contributed by atoms with van der Waals surface area (Å²) in [5.74, 6) is 0.0319. The van der Waals surface area contributed by atoms with Crippen molar-refractivity contribution in [3.05, 3.63) is 76.9 Å². The first-order valence-electron chi connectivity index (χ1n) is 16.3. The summed E-state index contributed by atoms with van der Waals surface area (Å²) in [4.78, 5) is 59.0. The lowest BCUT2D eigenvalue weighted by molar-refractivity contribution is -0.137.